The number of aldehydes is 1. The number of hydrogen-bond acceptors (Lipinski definition) is 3. The van der Waals surface area contributed by atoms with Crippen LogP contribution in [0.3, 0.4) is 0 Å². The van der Waals surface area contributed by atoms with E-state index in [1.807, 2.05) is 12.1 Å². The fourth-order valence-electron chi connectivity index (χ4n) is 1.61. The summed E-state index contributed by atoms with van der Waals surface area (Å²) in [4.78, 5) is 10.7. The molecule has 0 atom stereocenters. The molecule has 0 spiro atoms. The van der Waals surface area contributed by atoms with E-state index >= 15 is 0 Å². The van der Waals surface area contributed by atoms with Crippen LogP contribution in [0.1, 0.15) is 10.4 Å². The minimum absolute atomic E-state index is 0.00130. The third-order valence-electron chi connectivity index (χ3n) is 2.35. The number of methoxy groups -OCH3 is 1. The van der Waals surface area contributed by atoms with Crippen LogP contribution in [0.2, 0.25) is 0 Å². The number of carbonyl (C=O) groups excluding carboxylic acids is 1. The van der Waals surface area contributed by atoms with Crippen LogP contribution in [0.25, 0.3) is 10.8 Å². The topological polar surface area (TPSA) is 46.5 Å². The van der Waals surface area contributed by atoms with Gasteiger partial charge in [0, 0.05) is 10.8 Å². The Balaban J connectivity index is 2.89. The Labute approximate surface area is 86.9 Å². The molecule has 0 saturated carbocycles. The van der Waals surface area contributed by atoms with Crippen LogP contribution in [0.5, 0.6) is 11.5 Å². The van der Waals surface area contributed by atoms with Gasteiger partial charge in [-0.2, -0.15) is 0 Å². The van der Waals surface area contributed by atoms with Crippen molar-refractivity contribution < 1.29 is 14.6 Å². The van der Waals surface area contributed by atoms with Crippen molar-refractivity contribution in [3.05, 3.63) is 35.9 Å². The predicted octanol–water partition coefficient (Wildman–Crippen LogP) is 2.37. The third kappa shape index (κ3) is 1.42. The molecule has 0 aliphatic carbocycles. The number of aromatic hydroxyl groups is 1. The molecular weight excluding hydrogens is 192 g/mol. The zero-order valence-corrected chi connectivity index (χ0v) is 8.23. The van der Waals surface area contributed by atoms with Crippen LogP contribution in [0.4, 0.5) is 0 Å². The molecule has 0 heterocycles. The summed E-state index contributed by atoms with van der Waals surface area (Å²) >= 11 is 0. The van der Waals surface area contributed by atoms with Gasteiger partial charge in [-0.05, 0) is 6.07 Å². The maximum Gasteiger partial charge on any atom is 0.153 e. The molecule has 0 unspecified atom stereocenters. The Bertz CT molecular complexity index is 518. The van der Waals surface area contributed by atoms with Crippen molar-refractivity contribution in [2.24, 2.45) is 0 Å². The quantitative estimate of drug-likeness (QED) is 0.760. The first kappa shape index (κ1) is 9.52. The Morgan fingerprint density at radius 1 is 1.27 bits per heavy atom. The van der Waals surface area contributed by atoms with Crippen molar-refractivity contribution in [3.63, 3.8) is 0 Å². The molecule has 0 saturated heterocycles. The second-order valence-electron chi connectivity index (χ2n) is 3.18. The summed E-state index contributed by atoms with van der Waals surface area (Å²) in [7, 11) is 1.54. The number of hydrogen-bond donors (Lipinski definition) is 1. The minimum atomic E-state index is 0.00130. The number of carbonyl (C=O) groups is 1. The van der Waals surface area contributed by atoms with Gasteiger partial charge < -0.3 is 9.84 Å². The molecule has 1 N–H and O–H groups in total. The first-order valence-corrected chi connectivity index (χ1v) is 4.52. The fraction of sp³-hybridized carbons (Fsp3) is 0.0833. The molecule has 2 aromatic rings. The van der Waals surface area contributed by atoms with E-state index in [2.05, 4.69) is 0 Å². The van der Waals surface area contributed by atoms with Crippen molar-refractivity contribution in [3.8, 4) is 11.5 Å². The van der Waals surface area contributed by atoms with E-state index < -0.39 is 0 Å². The SMILES string of the molecule is COc1cc(C=O)c(O)c2ccccc12. The highest BCUT2D eigenvalue weighted by Gasteiger charge is 2.10. The molecule has 76 valence electrons. The van der Waals surface area contributed by atoms with Crippen molar-refractivity contribution in [1.82, 2.24) is 0 Å². The second kappa shape index (κ2) is 3.61. The zero-order valence-electron chi connectivity index (χ0n) is 8.23. The standard InChI is InChI=1S/C12H10O3/c1-15-11-6-8(7-13)12(14)10-5-3-2-4-9(10)11/h2-7,14H,1H3. The molecule has 3 nitrogen and oxygen atoms in total. The van der Waals surface area contributed by atoms with Crippen molar-refractivity contribution >= 4 is 17.1 Å². The van der Waals surface area contributed by atoms with Gasteiger partial charge in [0.1, 0.15) is 11.5 Å². The van der Waals surface area contributed by atoms with E-state index in [1.165, 1.54) is 13.2 Å². The molecule has 15 heavy (non-hydrogen) atoms. The molecule has 0 radical (unpaired) electrons. The molecule has 0 bridgehead atoms. The lowest BCUT2D eigenvalue weighted by atomic mass is 10.0. The summed E-state index contributed by atoms with van der Waals surface area (Å²) in [6.45, 7) is 0. The molecule has 0 amide bonds. The van der Waals surface area contributed by atoms with Crippen molar-refractivity contribution in [1.29, 1.82) is 0 Å². The normalized spacial score (nSPS) is 10.2. The number of fused-ring (bicyclic) bond motifs is 1. The van der Waals surface area contributed by atoms with Gasteiger partial charge in [0.05, 0.1) is 12.7 Å². The summed E-state index contributed by atoms with van der Waals surface area (Å²) < 4.78 is 5.15. The van der Waals surface area contributed by atoms with Crippen LogP contribution in [-0.4, -0.2) is 18.5 Å². The van der Waals surface area contributed by atoms with Crippen LogP contribution < -0.4 is 4.74 Å². The molecular formula is C12H10O3. The lowest BCUT2D eigenvalue weighted by Crippen LogP contribution is -1.89. The summed E-state index contributed by atoms with van der Waals surface area (Å²) in [6, 6.07) is 8.77. The Hall–Kier alpha value is -2.03. The molecule has 0 aliphatic rings. The van der Waals surface area contributed by atoms with Crippen LogP contribution in [-0.2, 0) is 0 Å². The largest absolute Gasteiger partial charge is 0.507 e. The molecule has 2 rings (SSSR count). The van der Waals surface area contributed by atoms with Crippen molar-refractivity contribution in [2.75, 3.05) is 7.11 Å². The van der Waals surface area contributed by atoms with E-state index in [9.17, 15) is 9.90 Å². The number of benzene rings is 2. The third-order valence-corrected chi connectivity index (χ3v) is 2.35. The smallest absolute Gasteiger partial charge is 0.153 e. The average molecular weight is 202 g/mol. The van der Waals surface area contributed by atoms with Crippen LogP contribution in [0, 0.1) is 0 Å². The van der Waals surface area contributed by atoms with Crippen molar-refractivity contribution in [2.45, 2.75) is 0 Å². The summed E-state index contributed by atoms with van der Waals surface area (Å²) in [6.07, 6.45) is 0.615. The first-order valence-electron chi connectivity index (χ1n) is 4.52. The molecule has 0 aromatic heterocycles. The fourth-order valence-corrected chi connectivity index (χ4v) is 1.61. The second-order valence-corrected chi connectivity index (χ2v) is 3.18. The first-order chi connectivity index (χ1) is 7.27. The monoisotopic (exact) mass is 202 g/mol. The lowest BCUT2D eigenvalue weighted by molar-refractivity contribution is 0.112. The van der Waals surface area contributed by atoms with Gasteiger partial charge in [-0.1, -0.05) is 24.3 Å². The summed E-state index contributed by atoms with van der Waals surface area (Å²) in [5.41, 5.74) is 0.241. The zero-order chi connectivity index (χ0) is 10.8. The van der Waals surface area contributed by atoms with Gasteiger partial charge in [-0.25, -0.2) is 0 Å². The molecule has 2 aromatic carbocycles. The maximum absolute atomic E-state index is 10.7. The highest BCUT2D eigenvalue weighted by Crippen LogP contribution is 2.34. The average Bonchev–Trinajstić information content (AvgIpc) is 2.30. The van der Waals surface area contributed by atoms with Crippen LogP contribution in [0.15, 0.2) is 30.3 Å². The van der Waals surface area contributed by atoms with Gasteiger partial charge in [0.15, 0.2) is 6.29 Å². The van der Waals surface area contributed by atoms with Gasteiger partial charge in [0.25, 0.3) is 0 Å². The number of rotatable bonds is 2. The van der Waals surface area contributed by atoms with E-state index in [4.69, 9.17) is 4.74 Å². The molecule has 0 aliphatic heterocycles. The number of phenols is 1. The van der Waals surface area contributed by atoms with E-state index in [0.29, 0.717) is 17.4 Å². The van der Waals surface area contributed by atoms with E-state index in [1.54, 1.807) is 12.1 Å². The van der Waals surface area contributed by atoms with E-state index in [-0.39, 0.29) is 11.3 Å². The van der Waals surface area contributed by atoms with Gasteiger partial charge >= 0.3 is 0 Å². The maximum atomic E-state index is 10.7. The minimum Gasteiger partial charge on any atom is -0.507 e. The number of ether oxygens (including phenoxy) is 1. The van der Waals surface area contributed by atoms with Gasteiger partial charge in [0.2, 0.25) is 0 Å². The lowest BCUT2D eigenvalue weighted by Gasteiger charge is -2.08. The Kier molecular flexibility index (Phi) is 2.29. The van der Waals surface area contributed by atoms with Gasteiger partial charge in [-0.3, -0.25) is 4.79 Å². The van der Waals surface area contributed by atoms with E-state index in [0.717, 1.165) is 5.39 Å². The predicted molar refractivity (Wildman–Crippen MR) is 57.6 cm³/mol. The Morgan fingerprint density at radius 2 is 1.93 bits per heavy atom. The van der Waals surface area contributed by atoms with Crippen LogP contribution >= 0.6 is 0 Å². The van der Waals surface area contributed by atoms with Gasteiger partial charge in [-0.15, -0.1) is 0 Å². The summed E-state index contributed by atoms with van der Waals surface area (Å²) in [5, 5.41) is 11.2. The highest BCUT2D eigenvalue weighted by atomic mass is 16.5. The summed E-state index contributed by atoms with van der Waals surface area (Å²) in [5.74, 6) is 0.590. The molecule has 3 heteroatoms. The Morgan fingerprint density at radius 3 is 2.53 bits per heavy atom. The highest BCUT2D eigenvalue weighted by molar-refractivity contribution is 5.99. The molecule has 0 fully saturated rings. The number of phenolic OH excluding ortho intramolecular Hbond substituents is 1.